The van der Waals surface area contributed by atoms with Gasteiger partial charge in [0, 0.05) is 26.2 Å². The highest BCUT2D eigenvalue weighted by Gasteiger charge is 2.27. The van der Waals surface area contributed by atoms with Crippen molar-refractivity contribution in [3.05, 3.63) is 0 Å². The van der Waals surface area contributed by atoms with Crippen molar-refractivity contribution in [1.29, 1.82) is 0 Å². The van der Waals surface area contributed by atoms with E-state index in [0.29, 0.717) is 26.2 Å². The highest BCUT2D eigenvalue weighted by molar-refractivity contribution is 7.89. The van der Waals surface area contributed by atoms with Crippen molar-refractivity contribution in [2.75, 3.05) is 31.9 Å². The first-order valence-corrected chi connectivity index (χ1v) is 6.35. The third-order valence-electron chi connectivity index (χ3n) is 2.41. The molecule has 1 fully saturated rings. The standard InChI is InChI=1S/C7H16N4O3S/c1-2-15(13,14)11-5-3-10(4-6-11)7(12)9-8/h2-6,8H2,1H3,(H,9,12). The zero-order valence-corrected chi connectivity index (χ0v) is 9.46. The van der Waals surface area contributed by atoms with Gasteiger partial charge in [-0.25, -0.2) is 19.1 Å². The van der Waals surface area contributed by atoms with E-state index in [0.717, 1.165) is 0 Å². The molecule has 1 heterocycles. The number of rotatable bonds is 2. The number of piperazine rings is 1. The van der Waals surface area contributed by atoms with E-state index in [1.807, 2.05) is 5.43 Å². The molecule has 7 nitrogen and oxygen atoms in total. The Morgan fingerprint density at radius 3 is 2.27 bits per heavy atom. The number of nitrogens with one attached hydrogen (secondary N) is 1. The van der Waals surface area contributed by atoms with Crippen LogP contribution in [0.5, 0.6) is 0 Å². The molecule has 0 spiro atoms. The van der Waals surface area contributed by atoms with Crippen LogP contribution < -0.4 is 11.3 Å². The van der Waals surface area contributed by atoms with Crippen LogP contribution in [0.15, 0.2) is 0 Å². The van der Waals surface area contributed by atoms with Crippen LogP contribution in [0.25, 0.3) is 0 Å². The molecule has 0 bridgehead atoms. The van der Waals surface area contributed by atoms with Crippen molar-refractivity contribution >= 4 is 16.1 Å². The lowest BCUT2D eigenvalue weighted by molar-refractivity contribution is 0.172. The molecule has 0 saturated carbocycles. The molecular formula is C7H16N4O3S. The fourth-order valence-electron chi connectivity index (χ4n) is 1.44. The first kappa shape index (κ1) is 12.2. The van der Waals surface area contributed by atoms with Gasteiger partial charge < -0.3 is 4.90 Å². The summed E-state index contributed by atoms with van der Waals surface area (Å²) in [7, 11) is -3.13. The zero-order chi connectivity index (χ0) is 11.5. The summed E-state index contributed by atoms with van der Waals surface area (Å²) >= 11 is 0. The van der Waals surface area contributed by atoms with Gasteiger partial charge in [-0.1, -0.05) is 0 Å². The van der Waals surface area contributed by atoms with Crippen LogP contribution in [0, 0.1) is 0 Å². The van der Waals surface area contributed by atoms with Gasteiger partial charge in [-0.2, -0.15) is 4.31 Å². The molecule has 0 unspecified atom stereocenters. The molecule has 1 aliphatic heterocycles. The van der Waals surface area contributed by atoms with Gasteiger partial charge in [0.15, 0.2) is 0 Å². The average Bonchev–Trinajstić information content (AvgIpc) is 2.28. The molecule has 88 valence electrons. The Hall–Kier alpha value is -0.860. The number of hydrazine groups is 1. The van der Waals surface area contributed by atoms with Gasteiger partial charge in [-0.3, -0.25) is 5.43 Å². The summed E-state index contributed by atoms with van der Waals surface area (Å²) in [6.07, 6.45) is 0. The number of hydrogen-bond acceptors (Lipinski definition) is 4. The molecule has 0 aromatic carbocycles. The SMILES string of the molecule is CCS(=O)(=O)N1CCN(C(=O)NN)CC1. The number of hydrogen-bond donors (Lipinski definition) is 2. The van der Waals surface area contributed by atoms with Gasteiger partial charge in [-0.05, 0) is 6.92 Å². The molecule has 1 rings (SSSR count). The number of nitrogens with two attached hydrogens (primary N) is 1. The number of sulfonamides is 1. The number of carbonyl (C=O) groups is 1. The van der Waals surface area contributed by atoms with Crippen molar-refractivity contribution in [2.24, 2.45) is 5.84 Å². The zero-order valence-electron chi connectivity index (χ0n) is 8.64. The summed E-state index contributed by atoms with van der Waals surface area (Å²) in [4.78, 5) is 12.6. The number of carbonyl (C=O) groups excluding carboxylic acids is 1. The predicted molar refractivity (Wildman–Crippen MR) is 55.3 cm³/mol. The lowest BCUT2D eigenvalue weighted by Gasteiger charge is -2.33. The maximum atomic E-state index is 11.5. The molecule has 8 heteroatoms. The summed E-state index contributed by atoms with van der Waals surface area (Å²) in [5.74, 6) is 5.07. The first-order valence-electron chi connectivity index (χ1n) is 4.74. The first-order chi connectivity index (χ1) is 7.01. The van der Waals surface area contributed by atoms with Crippen LogP contribution in [0.2, 0.25) is 0 Å². The highest BCUT2D eigenvalue weighted by Crippen LogP contribution is 2.07. The van der Waals surface area contributed by atoms with Gasteiger partial charge in [0.1, 0.15) is 0 Å². The maximum absolute atomic E-state index is 11.5. The van der Waals surface area contributed by atoms with E-state index >= 15 is 0 Å². The van der Waals surface area contributed by atoms with E-state index in [1.54, 1.807) is 6.92 Å². The van der Waals surface area contributed by atoms with Crippen LogP contribution in [-0.4, -0.2) is 55.6 Å². The normalized spacial score (nSPS) is 18.9. The van der Waals surface area contributed by atoms with Crippen LogP contribution in [0.3, 0.4) is 0 Å². The van der Waals surface area contributed by atoms with Gasteiger partial charge in [-0.15, -0.1) is 0 Å². The Morgan fingerprint density at radius 2 is 1.87 bits per heavy atom. The van der Waals surface area contributed by atoms with E-state index in [4.69, 9.17) is 5.84 Å². The molecule has 3 N–H and O–H groups in total. The van der Waals surface area contributed by atoms with E-state index in [1.165, 1.54) is 9.21 Å². The van der Waals surface area contributed by atoms with Gasteiger partial charge in [0.05, 0.1) is 5.75 Å². The van der Waals surface area contributed by atoms with Crippen LogP contribution in [0.1, 0.15) is 6.92 Å². The Balaban J connectivity index is 2.53. The van der Waals surface area contributed by atoms with Crippen molar-refractivity contribution in [2.45, 2.75) is 6.92 Å². The second-order valence-electron chi connectivity index (χ2n) is 3.24. The van der Waals surface area contributed by atoms with E-state index in [9.17, 15) is 13.2 Å². The third-order valence-corrected chi connectivity index (χ3v) is 4.29. The van der Waals surface area contributed by atoms with E-state index in [2.05, 4.69) is 0 Å². The summed E-state index contributed by atoms with van der Waals surface area (Å²) in [5, 5.41) is 0. The van der Waals surface area contributed by atoms with Crippen LogP contribution in [0.4, 0.5) is 4.79 Å². The van der Waals surface area contributed by atoms with Crippen LogP contribution in [-0.2, 0) is 10.0 Å². The van der Waals surface area contributed by atoms with Gasteiger partial charge in [0.2, 0.25) is 10.0 Å². The monoisotopic (exact) mass is 236 g/mol. The van der Waals surface area contributed by atoms with Crippen LogP contribution >= 0.6 is 0 Å². The Morgan fingerprint density at radius 1 is 1.33 bits per heavy atom. The molecule has 0 aromatic heterocycles. The Labute approximate surface area is 89.2 Å². The quantitative estimate of drug-likeness (QED) is 0.348. The minimum Gasteiger partial charge on any atom is -0.321 e. The summed E-state index contributed by atoms with van der Waals surface area (Å²) < 4.78 is 24.4. The summed E-state index contributed by atoms with van der Waals surface area (Å²) in [5.41, 5.74) is 2.02. The van der Waals surface area contributed by atoms with Crippen molar-refractivity contribution in [1.82, 2.24) is 14.6 Å². The predicted octanol–water partition coefficient (Wildman–Crippen LogP) is -1.46. The molecule has 1 aliphatic rings. The molecule has 2 amide bonds. The van der Waals surface area contributed by atoms with Crippen molar-refractivity contribution < 1.29 is 13.2 Å². The number of amides is 2. The minimum atomic E-state index is -3.13. The van der Waals surface area contributed by atoms with Crippen molar-refractivity contribution in [3.63, 3.8) is 0 Å². The summed E-state index contributed by atoms with van der Waals surface area (Å²) in [6.45, 7) is 3.03. The maximum Gasteiger partial charge on any atom is 0.331 e. The molecule has 0 aliphatic carbocycles. The number of urea groups is 1. The smallest absolute Gasteiger partial charge is 0.321 e. The van der Waals surface area contributed by atoms with Gasteiger partial charge in [0.25, 0.3) is 0 Å². The van der Waals surface area contributed by atoms with E-state index < -0.39 is 10.0 Å². The van der Waals surface area contributed by atoms with Crippen molar-refractivity contribution in [3.8, 4) is 0 Å². The molecule has 0 radical (unpaired) electrons. The van der Waals surface area contributed by atoms with Gasteiger partial charge >= 0.3 is 6.03 Å². The molecule has 0 atom stereocenters. The Bertz CT molecular complexity index is 321. The average molecular weight is 236 g/mol. The molecular weight excluding hydrogens is 220 g/mol. The highest BCUT2D eigenvalue weighted by atomic mass is 32.2. The fourth-order valence-corrected chi connectivity index (χ4v) is 2.53. The van der Waals surface area contributed by atoms with E-state index in [-0.39, 0.29) is 11.8 Å². The lowest BCUT2D eigenvalue weighted by atomic mass is 10.4. The number of nitrogens with zero attached hydrogens (tertiary/aromatic N) is 2. The molecule has 1 saturated heterocycles. The fraction of sp³-hybridized carbons (Fsp3) is 0.857. The largest absolute Gasteiger partial charge is 0.331 e. The lowest BCUT2D eigenvalue weighted by Crippen LogP contribution is -2.54. The second-order valence-corrected chi connectivity index (χ2v) is 5.49. The Kier molecular flexibility index (Phi) is 3.89. The molecule has 0 aromatic rings. The third kappa shape index (κ3) is 2.80. The second kappa shape index (κ2) is 4.77. The molecule has 15 heavy (non-hydrogen) atoms. The minimum absolute atomic E-state index is 0.0933. The topological polar surface area (TPSA) is 95.7 Å². The summed E-state index contributed by atoms with van der Waals surface area (Å²) in [6, 6.07) is -0.372.